The Labute approximate surface area is 324 Å². The number of hydrogen-bond acceptors (Lipinski definition) is 9. The smallest absolute Gasteiger partial charge is 0.230 e. The van der Waals surface area contributed by atoms with Gasteiger partial charge in [0.1, 0.15) is 23.9 Å². The van der Waals surface area contributed by atoms with Crippen molar-refractivity contribution in [3.05, 3.63) is 83.7 Å². The lowest BCUT2D eigenvalue weighted by molar-refractivity contribution is -0.223. The Morgan fingerprint density at radius 1 is 0.981 bits per heavy atom. The maximum Gasteiger partial charge on any atom is 0.230 e. The molecule has 2 aliphatic heterocycles. The summed E-state index contributed by atoms with van der Waals surface area (Å²) in [7, 11) is 0. The molecule has 7 rings (SSSR count). The monoisotopic (exact) mass is 763 g/mol. The highest BCUT2D eigenvalue weighted by Crippen LogP contribution is 2.63. The predicted molar refractivity (Wildman–Crippen MR) is 210 cm³/mol. The molecule has 2 aromatic carbocycles. The lowest BCUT2D eigenvalue weighted by Gasteiger charge is -2.58. The van der Waals surface area contributed by atoms with Crippen LogP contribution in [-0.2, 0) is 20.9 Å². The lowest BCUT2D eigenvalue weighted by atomic mass is 9.56. The number of halogens is 1. The molecule has 0 radical (unpaired) electrons. The number of oxime groups is 1. The summed E-state index contributed by atoms with van der Waals surface area (Å²) in [5.41, 5.74) is 3.60. The van der Waals surface area contributed by atoms with E-state index in [1.54, 1.807) is 12.1 Å². The molecular weight excluding hydrogens is 706 g/mol. The van der Waals surface area contributed by atoms with Crippen molar-refractivity contribution in [1.29, 1.82) is 0 Å². The Morgan fingerprint density at radius 3 is 2.54 bits per heavy atom. The van der Waals surface area contributed by atoms with Crippen LogP contribution in [0.5, 0.6) is 11.5 Å². The molecule has 2 aromatic rings. The Hall–Kier alpha value is -2.89. The van der Waals surface area contributed by atoms with Gasteiger partial charge in [0.15, 0.2) is 0 Å². The second-order valence-electron chi connectivity index (χ2n) is 15.6. The number of allylic oxidation sites excluding steroid dienone is 1. The van der Waals surface area contributed by atoms with Gasteiger partial charge >= 0.3 is 0 Å². The van der Waals surface area contributed by atoms with Crippen molar-refractivity contribution in [1.82, 2.24) is 0 Å². The van der Waals surface area contributed by atoms with Crippen LogP contribution in [-0.4, -0.2) is 64.9 Å². The third-order valence-electron chi connectivity index (χ3n) is 12.1. The molecular formula is C44H58FNO7S. The van der Waals surface area contributed by atoms with Gasteiger partial charge in [-0.1, -0.05) is 61.2 Å². The van der Waals surface area contributed by atoms with E-state index in [-0.39, 0.29) is 60.8 Å². The lowest BCUT2D eigenvalue weighted by Crippen LogP contribution is -2.64. The van der Waals surface area contributed by atoms with Gasteiger partial charge in [-0.2, -0.15) is 0 Å². The second-order valence-corrected chi connectivity index (χ2v) is 17.1. The summed E-state index contributed by atoms with van der Waals surface area (Å²) in [6, 6.07) is 12.7. The van der Waals surface area contributed by atoms with Gasteiger partial charge in [0.2, 0.25) is 12.1 Å². The first-order valence-electron chi connectivity index (χ1n) is 20.4. The Balaban J connectivity index is 1.36. The number of hydrogen-bond donors (Lipinski definition) is 2. The highest BCUT2D eigenvalue weighted by molar-refractivity contribution is 8.00. The average molecular weight is 764 g/mol. The molecule has 0 aromatic heterocycles. The molecule has 0 amide bonds. The normalized spacial score (nSPS) is 29.9. The standard InChI is InChI=1S/C44H58FNO7S/c1-2-24-51-44-40(54-33-15-4-5-16-33)28-38(46-53-41-19-9-12-25-49-41)35-26-30(13-7-10-22-47)34(17-8-11-23-48)42(43(35)44)36-27-32(20-21-39(36)52-44)50-29-31-14-3-6-18-37(31)45/h2-3,6,14,18,20-21,26-27,30,33-34,40-43,47-48H,1,4-5,7-13,15-17,19,22-25,28-29H2. The fraction of sp³-hybridized carbons (Fsp3) is 0.614. The van der Waals surface area contributed by atoms with Crippen LogP contribution in [0.2, 0.25) is 0 Å². The minimum absolute atomic E-state index is 0.0310. The van der Waals surface area contributed by atoms with Crippen molar-refractivity contribution in [2.75, 3.05) is 26.4 Å². The van der Waals surface area contributed by atoms with Crippen molar-refractivity contribution >= 4 is 17.5 Å². The van der Waals surface area contributed by atoms with Gasteiger partial charge < -0.3 is 34.0 Å². The predicted octanol–water partition coefficient (Wildman–Crippen LogP) is 9.24. The maximum atomic E-state index is 14.6. The number of fused-ring (bicyclic) bond motifs is 2. The molecule has 54 heavy (non-hydrogen) atoms. The Morgan fingerprint density at radius 2 is 1.78 bits per heavy atom. The summed E-state index contributed by atoms with van der Waals surface area (Å²) in [4.78, 5) is 6.24. The van der Waals surface area contributed by atoms with E-state index in [1.165, 1.54) is 31.7 Å². The highest BCUT2D eigenvalue weighted by atomic mass is 32.2. The molecule has 7 atom stereocenters. The molecule has 2 saturated carbocycles. The molecule has 5 aliphatic rings. The van der Waals surface area contributed by atoms with E-state index in [0.29, 0.717) is 36.2 Å². The quantitative estimate of drug-likeness (QED) is 0.0882. The molecule has 2 heterocycles. The maximum absolute atomic E-state index is 14.6. The second kappa shape index (κ2) is 18.8. The van der Waals surface area contributed by atoms with Crippen LogP contribution in [0.15, 0.2) is 71.9 Å². The van der Waals surface area contributed by atoms with Crippen LogP contribution in [0, 0.1) is 23.6 Å². The number of aliphatic hydroxyl groups excluding tert-OH is 2. The van der Waals surface area contributed by atoms with Gasteiger partial charge in [-0.25, -0.2) is 4.39 Å². The van der Waals surface area contributed by atoms with Crippen LogP contribution in [0.4, 0.5) is 4.39 Å². The van der Waals surface area contributed by atoms with E-state index in [4.69, 9.17) is 28.9 Å². The first kappa shape index (κ1) is 39.3. The summed E-state index contributed by atoms with van der Waals surface area (Å²) in [6.45, 7) is 5.49. The number of ether oxygens (including phenoxy) is 4. The fourth-order valence-corrected chi connectivity index (χ4v) is 11.3. The first-order valence-corrected chi connectivity index (χ1v) is 21.4. The molecule has 294 valence electrons. The summed E-state index contributed by atoms with van der Waals surface area (Å²) in [6.07, 6.45) is 17.3. The van der Waals surface area contributed by atoms with Crippen LogP contribution in [0.1, 0.15) is 107 Å². The molecule has 3 aliphatic carbocycles. The third kappa shape index (κ3) is 8.73. The number of unbranched alkanes of at least 4 members (excludes halogenated alkanes) is 2. The van der Waals surface area contributed by atoms with E-state index < -0.39 is 5.79 Å². The molecule has 8 nitrogen and oxygen atoms in total. The van der Waals surface area contributed by atoms with Crippen molar-refractivity contribution < 1.29 is 38.4 Å². The first-order chi connectivity index (χ1) is 26.5. The summed E-state index contributed by atoms with van der Waals surface area (Å²) < 4.78 is 41.3. The Kier molecular flexibility index (Phi) is 13.7. The van der Waals surface area contributed by atoms with Crippen molar-refractivity contribution in [2.24, 2.45) is 22.9 Å². The van der Waals surface area contributed by atoms with E-state index >= 15 is 0 Å². The zero-order valence-corrected chi connectivity index (χ0v) is 32.4. The van der Waals surface area contributed by atoms with E-state index in [1.807, 2.05) is 36.0 Å². The third-order valence-corrected chi connectivity index (χ3v) is 13.7. The average Bonchev–Trinajstić information content (AvgIpc) is 3.72. The zero-order chi connectivity index (χ0) is 37.3. The van der Waals surface area contributed by atoms with E-state index in [2.05, 4.69) is 18.7 Å². The summed E-state index contributed by atoms with van der Waals surface area (Å²) >= 11 is 1.99. The Bertz CT molecular complexity index is 1610. The van der Waals surface area contributed by atoms with Crippen molar-refractivity contribution in [2.45, 2.75) is 125 Å². The topological polar surface area (TPSA) is 99.0 Å². The number of rotatable bonds is 18. The van der Waals surface area contributed by atoms with Gasteiger partial charge in [0.25, 0.3) is 0 Å². The minimum Gasteiger partial charge on any atom is -0.489 e. The molecule has 2 N–H and O–H groups in total. The molecule has 3 fully saturated rings. The van der Waals surface area contributed by atoms with E-state index in [0.717, 1.165) is 80.4 Å². The number of benzene rings is 2. The van der Waals surface area contributed by atoms with Gasteiger partial charge in [0, 0.05) is 48.4 Å². The van der Waals surface area contributed by atoms with Crippen molar-refractivity contribution in [3.8, 4) is 11.5 Å². The number of aliphatic hydroxyl groups is 2. The van der Waals surface area contributed by atoms with E-state index in [9.17, 15) is 14.6 Å². The molecule has 1 saturated heterocycles. The SMILES string of the molecule is C=CCOC12Oc3ccc(OCc4ccccc4F)cc3C3C(CCCCO)C(CCCCO)C=C(C(=NOC4CCCCO4)CC1SC1CCCC1)C32. The van der Waals surface area contributed by atoms with Gasteiger partial charge in [-0.05, 0) is 93.0 Å². The van der Waals surface area contributed by atoms with Crippen LogP contribution in [0.25, 0.3) is 0 Å². The summed E-state index contributed by atoms with van der Waals surface area (Å²) in [5.74, 6) is 0.296. The molecule has 0 spiro atoms. The molecule has 10 heteroatoms. The highest BCUT2D eigenvalue weighted by Gasteiger charge is 2.64. The zero-order valence-electron chi connectivity index (χ0n) is 31.5. The van der Waals surface area contributed by atoms with Crippen LogP contribution < -0.4 is 9.47 Å². The number of thioether (sulfide) groups is 1. The van der Waals surface area contributed by atoms with Crippen molar-refractivity contribution in [3.63, 3.8) is 0 Å². The van der Waals surface area contributed by atoms with Gasteiger partial charge in [0.05, 0.1) is 30.1 Å². The fourth-order valence-electron chi connectivity index (χ4n) is 9.48. The summed E-state index contributed by atoms with van der Waals surface area (Å²) in [5, 5.41) is 25.1. The van der Waals surface area contributed by atoms with Crippen LogP contribution in [0.3, 0.4) is 0 Å². The molecule has 7 unspecified atom stereocenters. The number of nitrogens with zero attached hydrogens (tertiary/aromatic N) is 1. The van der Waals surface area contributed by atoms with Crippen LogP contribution >= 0.6 is 11.8 Å². The van der Waals surface area contributed by atoms with Gasteiger partial charge in [-0.15, -0.1) is 18.3 Å². The van der Waals surface area contributed by atoms with Gasteiger partial charge in [-0.3, -0.25) is 0 Å². The molecule has 0 bridgehead atoms. The largest absolute Gasteiger partial charge is 0.489 e. The minimum atomic E-state index is -0.994.